The molecule has 1 aromatic rings. The van der Waals surface area contributed by atoms with Gasteiger partial charge in [0.2, 0.25) is 0 Å². The summed E-state index contributed by atoms with van der Waals surface area (Å²) in [5, 5.41) is 0. The normalized spacial score (nSPS) is 10.8. The lowest BCUT2D eigenvalue weighted by atomic mass is 10.3. The maximum Gasteiger partial charge on any atom is 0.421 e. The van der Waals surface area contributed by atoms with Gasteiger partial charge in [-0.05, 0) is 25.1 Å². The molecule has 0 atom stereocenters. The fourth-order valence-electron chi connectivity index (χ4n) is 1.01. The van der Waals surface area contributed by atoms with E-state index in [9.17, 15) is 13.2 Å². The van der Waals surface area contributed by atoms with Gasteiger partial charge in [0.15, 0.2) is 0 Å². The van der Waals surface area contributed by atoms with Crippen molar-refractivity contribution in [2.75, 3.05) is 12.3 Å². The highest BCUT2D eigenvalue weighted by atomic mass is 32.2. The summed E-state index contributed by atoms with van der Waals surface area (Å²) in [6, 6.07) is 5.61. The number of carbonyl (C=O) groups is 1. The number of nitrogens with two attached hydrogens (primary N) is 1. The topological polar surface area (TPSA) is 98.5 Å². The molecule has 0 heterocycles. The first kappa shape index (κ1) is 12.3. The third kappa shape index (κ3) is 3.13. The van der Waals surface area contributed by atoms with E-state index in [-0.39, 0.29) is 11.5 Å². The maximum atomic E-state index is 11.6. The molecule has 1 rings (SSSR count). The Balaban J connectivity index is 2.90. The van der Waals surface area contributed by atoms with Gasteiger partial charge in [0, 0.05) is 5.69 Å². The number of nitrogens with one attached hydrogen (secondary N) is 1. The lowest BCUT2D eigenvalue weighted by Crippen LogP contribution is -2.31. The van der Waals surface area contributed by atoms with Crippen LogP contribution in [-0.2, 0) is 14.8 Å². The molecular weight excluding hydrogens is 232 g/mol. The number of ether oxygens (including phenoxy) is 1. The van der Waals surface area contributed by atoms with E-state index in [2.05, 4.69) is 4.74 Å². The number of anilines is 1. The van der Waals surface area contributed by atoms with Crippen molar-refractivity contribution in [2.24, 2.45) is 0 Å². The Hall–Kier alpha value is -1.76. The summed E-state index contributed by atoms with van der Waals surface area (Å²) in [6.07, 6.45) is -1.01. The molecule has 7 heteroatoms. The molecule has 0 aliphatic rings. The van der Waals surface area contributed by atoms with Crippen LogP contribution in [0.15, 0.2) is 29.2 Å². The Morgan fingerprint density at radius 3 is 2.75 bits per heavy atom. The van der Waals surface area contributed by atoms with Crippen molar-refractivity contribution in [3.63, 3.8) is 0 Å². The van der Waals surface area contributed by atoms with E-state index in [0.717, 1.165) is 0 Å². The first-order valence-corrected chi connectivity index (χ1v) is 5.99. The predicted molar refractivity (Wildman–Crippen MR) is 58.2 cm³/mol. The Bertz CT molecular complexity index is 484. The number of nitrogen functional groups attached to an aromatic ring is 1. The van der Waals surface area contributed by atoms with Crippen LogP contribution >= 0.6 is 0 Å². The molecule has 16 heavy (non-hydrogen) atoms. The van der Waals surface area contributed by atoms with Crippen LogP contribution in [0.3, 0.4) is 0 Å². The van der Waals surface area contributed by atoms with Crippen LogP contribution < -0.4 is 10.5 Å². The van der Waals surface area contributed by atoms with Gasteiger partial charge in [-0.15, -0.1) is 0 Å². The van der Waals surface area contributed by atoms with Gasteiger partial charge >= 0.3 is 6.09 Å². The van der Waals surface area contributed by atoms with E-state index in [1.807, 2.05) is 0 Å². The van der Waals surface area contributed by atoms with Gasteiger partial charge in [-0.2, -0.15) is 0 Å². The standard InChI is InChI=1S/C9H12N2O4S/c1-2-15-9(12)11-16(13,14)8-5-3-4-7(10)6-8/h3-6H,2,10H2,1H3,(H,11,12). The minimum absolute atomic E-state index is 0.0828. The van der Waals surface area contributed by atoms with Crippen molar-refractivity contribution in [2.45, 2.75) is 11.8 Å². The van der Waals surface area contributed by atoms with Gasteiger partial charge in [-0.1, -0.05) is 6.07 Å². The van der Waals surface area contributed by atoms with E-state index in [4.69, 9.17) is 5.73 Å². The van der Waals surface area contributed by atoms with Crippen LogP contribution in [0.1, 0.15) is 6.92 Å². The zero-order chi connectivity index (χ0) is 12.2. The molecule has 0 aromatic heterocycles. The third-order valence-electron chi connectivity index (χ3n) is 1.66. The van der Waals surface area contributed by atoms with E-state index < -0.39 is 16.1 Å². The second kappa shape index (κ2) is 4.84. The summed E-state index contributed by atoms with van der Waals surface area (Å²) in [6.45, 7) is 1.67. The number of hydrogen-bond donors (Lipinski definition) is 2. The molecule has 0 aliphatic carbocycles. The van der Waals surface area contributed by atoms with Gasteiger partial charge in [0.25, 0.3) is 10.0 Å². The second-order valence-electron chi connectivity index (χ2n) is 2.90. The summed E-state index contributed by atoms with van der Waals surface area (Å²) in [5.74, 6) is 0. The molecule has 0 aliphatic heterocycles. The van der Waals surface area contributed by atoms with Crippen LogP contribution in [0.4, 0.5) is 10.5 Å². The minimum Gasteiger partial charge on any atom is -0.449 e. The number of sulfonamides is 1. The van der Waals surface area contributed by atoms with Crippen molar-refractivity contribution >= 4 is 21.8 Å². The first-order valence-electron chi connectivity index (χ1n) is 4.51. The monoisotopic (exact) mass is 244 g/mol. The van der Waals surface area contributed by atoms with Crippen LogP contribution in [0.2, 0.25) is 0 Å². The highest BCUT2D eigenvalue weighted by molar-refractivity contribution is 7.90. The highest BCUT2D eigenvalue weighted by Gasteiger charge is 2.17. The lowest BCUT2D eigenvalue weighted by Gasteiger charge is -2.06. The molecule has 1 amide bonds. The Labute approximate surface area is 93.5 Å². The summed E-state index contributed by atoms with van der Waals surface area (Å²) >= 11 is 0. The van der Waals surface area contributed by atoms with Crippen LogP contribution in [0.25, 0.3) is 0 Å². The molecule has 3 N–H and O–H groups in total. The molecular formula is C9H12N2O4S. The van der Waals surface area contributed by atoms with Crippen molar-refractivity contribution in [1.29, 1.82) is 0 Å². The summed E-state index contributed by atoms with van der Waals surface area (Å²) in [4.78, 5) is 10.9. The average molecular weight is 244 g/mol. The number of carbonyl (C=O) groups excluding carboxylic acids is 1. The summed E-state index contributed by atoms with van der Waals surface area (Å²) in [7, 11) is -3.91. The molecule has 0 spiro atoms. The van der Waals surface area contributed by atoms with Crippen LogP contribution in [0.5, 0.6) is 0 Å². The molecule has 1 aromatic carbocycles. The lowest BCUT2D eigenvalue weighted by molar-refractivity contribution is 0.158. The van der Waals surface area contributed by atoms with Crippen molar-refractivity contribution in [1.82, 2.24) is 4.72 Å². The van der Waals surface area contributed by atoms with E-state index in [0.29, 0.717) is 5.69 Å². The predicted octanol–water partition coefficient (Wildman–Crippen LogP) is 0.704. The molecule has 0 radical (unpaired) electrons. The van der Waals surface area contributed by atoms with Gasteiger partial charge in [0.05, 0.1) is 11.5 Å². The molecule has 0 saturated carbocycles. The molecule has 0 unspecified atom stereocenters. The van der Waals surface area contributed by atoms with Gasteiger partial charge in [-0.3, -0.25) is 0 Å². The first-order chi connectivity index (χ1) is 7.45. The molecule has 6 nitrogen and oxygen atoms in total. The summed E-state index contributed by atoms with van der Waals surface area (Å²) < 4.78 is 29.4. The number of amides is 1. The Kier molecular flexibility index (Phi) is 3.73. The largest absolute Gasteiger partial charge is 0.449 e. The summed E-state index contributed by atoms with van der Waals surface area (Å²) in [5.41, 5.74) is 5.73. The van der Waals surface area contributed by atoms with Crippen LogP contribution in [0, 0.1) is 0 Å². The minimum atomic E-state index is -3.91. The quantitative estimate of drug-likeness (QED) is 0.763. The highest BCUT2D eigenvalue weighted by Crippen LogP contribution is 2.12. The van der Waals surface area contributed by atoms with Crippen molar-refractivity contribution in [3.05, 3.63) is 24.3 Å². The zero-order valence-corrected chi connectivity index (χ0v) is 9.45. The Morgan fingerprint density at radius 1 is 1.50 bits per heavy atom. The van der Waals surface area contributed by atoms with Gasteiger partial charge in [0.1, 0.15) is 0 Å². The maximum absolute atomic E-state index is 11.6. The van der Waals surface area contributed by atoms with Gasteiger partial charge in [-0.25, -0.2) is 17.9 Å². The Morgan fingerprint density at radius 2 is 2.19 bits per heavy atom. The zero-order valence-electron chi connectivity index (χ0n) is 8.64. The third-order valence-corrected chi connectivity index (χ3v) is 2.97. The molecule has 88 valence electrons. The number of benzene rings is 1. The van der Waals surface area contributed by atoms with E-state index in [1.54, 1.807) is 17.7 Å². The van der Waals surface area contributed by atoms with Crippen molar-refractivity contribution in [3.8, 4) is 0 Å². The van der Waals surface area contributed by atoms with Crippen molar-refractivity contribution < 1.29 is 17.9 Å². The average Bonchev–Trinajstić information content (AvgIpc) is 2.17. The second-order valence-corrected chi connectivity index (χ2v) is 4.58. The molecule has 0 fully saturated rings. The number of rotatable bonds is 3. The van der Waals surface area contributed by atoms with Gasteiger partial charge < -0.3 is 10.5 Å². The van der Waals surface area contributed by atoms with E-state index in [1.165, 1.54) is 18.2 Å². The SMILES string of the molecule is CCOC(=O)NS(=O)(=O)c1cccc(N)c1. The molecule has 0 bridgehead atoms. The smallest absolute Gasteiger partial charge is 0.421 e. The van der Waals surface area contributed by atoms with Crippen LogP contribution in [-0.4, -0.2) is 21.1 Å². The fraction of sp³-hybridized carbons (Fsp3) is 0.222. The fourth-order valence-corrected chi connectivity index (χ4v) is 1.96. The molecule has 0 saturated heterocycles. The van der Waals surface area contributed by atoms with E-state index >= 15 is 0 Å². The number of hydrogen-bond acceptors (Lipinski definition) is 5.